The quantitative estimate of drug-likeness (QED) is 0.595. The van der Waals surface area contributed by atoms with Gasteiger partial charge in [0, 0.05) is 11.9 Å². The van der Waals surface area contributed by atoms with E-state index in [2.05, 4.69) is 0 Å². The van der Waals surface area contributed by atoms with Crippen molar-refractivity contribution in [1.29, 1.82) is 0 Å². The van der Waals surface area contributed by atoms with E-state index in [4.69, 9.17) is 33.7 Å². The third-order valence-corrected chi connectivity index (χ3v) is 5.61. The number of hydrogen-bond acceptors (Lipinski definition) is 3. The van der Waals surface area contributed by atoms with Crippen LogP contribution in [0.5, 0.6) is 0 Å². The Kier molecular flexibility index (Phi) is 4.92. The zero-order valence-electron chi connectivity index (χ0n) is 15.2. The Morgan fingerprint density at radius 2 is 1.96 bits per heavy atom. The number of carbonyl (C=O) groups is 1. The van der Waals surface area contributed by atoms with Gasteiger partial charge in [0.2, 0.25) is 0 Å². The molecule has 0 aliphatic carbocycles. The highest BCUT2D eigenvalue weighted by atomic mass is 35.5. The fourth-order valence-electron chi connectivity index (χ4n) is 3.53. The van der Waals surface area contributed by atoms with E-state index in [-0.39, 0.29) is 6.61 Å². The van der Waals surface area contributed by atoms with Crippen LogP contribution in [0, 0.1) is 0 Å². The van der Waals surface area contributed by atoms with Gasteiger partial charge in [-0.2, -0.15) is 0 Å². The lowest BCUT2D eigenvalue weighted by molar-refractivity contribution is -0.138. The second-order valence-corrected chi connectivity index (χ2v) is 7.28. The first-order chi connectivity index (χ1) is 13.5. The molecule has 0 radical (unpaired) electrons. The van der Waals surface area contributed by atoms with E-state index in [0.717, 1.165) is 27.7 Å². The van der Waals surface area contributed by atoms with Crippen LogP contribution in [0.2, 0.25) is 10.0 Å². The third-order valence-electron chi connectivity index (χ3n) is 4.79. The lowest BCUT2D eigenvalue weighted by atomic mass is 9.96. The minimum Gasteiger partial charge on any atom is -0.462 e. The highest BCUT2D eigenvalue weighted by Crippen LogP contribution is 2.38. The van der Waals surface area contributed by atoms with Gasteiger partial charge in [0.1, 0.15) is 0 Å². The number of benzene rings is 2. The van der Waals surface area contributed by atoms with Crippen LogP contribution < -0.4 is 5.73 Å². The Labute approximate surface area is 172 Å². The molecule has 0 spiro atoms. The number of rotatable bonds is 3. The maximum Gasteiger partial charge on any atom is 0.340 e. The number of nitrogens with zero attached hydrogens (tertiary/aromatic N) is 1. The van der Waals surface area contributed by atoms with Crippen LogP contribution >= 0.6 is 23.2 Å². The minimum absolute atomic E-state index is 0.276. The molecule has 0 amide bonds. The van der Waals surface area contributed by atoms with Gasteiger partial charge in [0.25, 0.3) is 0 Å². The van der Waals surface area contributed by atoms with Crippen molar-refractivity contribution >= 4 is 51.8 Å². The fourth-order valence-corrected chi connectivity index (χ4v) is 3.91. The van der Waals surface area contributed by atoms with Crippen LogP contribution in [0.1, 0.15) is 18.2 Å². The Balaban J connectivity index is 1.96. The zero-order valence-corrected chi connectivity index (χ0v) is 16.7. The van der Waals surface area contributed by atoms with Gasteiger partial charge in [-0.05, 0) is 42.3 Å². The van der Waals surface area contributed by atoms with Crippen LogP contribution in [0.4, 0.5) is 0 Å². The molecule has 0 atom stereocenters. The van der Waals surface area contributed by atoms with Crippen LogP contribution in [0.3, 0.4) is 0 Å². The average molecular weight is 413 g/mol. The van der Waals surface area contributed by atoms with E-state index in [1.807, 2.05) is 53.1 Å². The standard InChI is InChI=1S/C22H18Cl2N2O2/c1-2-28-22(27)19-14(10-13-6-4-3-5-7-13)12-26-17-9-8-16(23)20(24)15(17)11-18(26)21(19)25/h3-11H,2,12,25H2,1H3/b14-10+. The molecule has 0 unspecified atom stereocenters. The van der Waals surface area contributed by atoms with Crippen molar-refractivity contribution < 1.29 is 9.53 Å². The summed E-state index contributed by atoms with van der Waals surface area (Å²) in [6.45, 7) is 2.52. The molecule has 2 heterocycles. The highest BCUT2D eigenvalue weighted by molar-refractivity contribution is 6.45. The van der Waals surface area contributed by atoms with Crippen molar-refractivity contribution in [2.45, 2.75) is 13.5 Å². The summed E-state index contributed by atoms with van der Waals surface area (Å²) in [6.07, 6.45) is 1.96. The fraction of sp³-hybridized carbons (Fsp3) is 0.136. The summed E-state index contributed by atoms with van der Waals surface area (Å²) in [4.78, 5) is 12.7. The Hall–Kier alpha value is -2.69. The monoisotopic (exact) mass is 412 g/mol. The number of halogens is 2. The van der Waals surface area contributed by atoms with Crippen molar-refractivity contribution in [2.24, 2.45) is 5.73 Å². The van der Waals surface area contributed by atoms with Crippen molar-refractivity contribution in [3.8, 4) is 0 Å². The predicted octanol–water partition coefficient (Wildman–Crippen LogP) is 5.28. The molecule has 0 fully saturated rings. The molecule has 3 aromatic rings. The Morgan fingerprint density at radius 1 is 1.21 bits per heavy atom. The molecule has 4 rings (SSSR count). The molecule has 4 nitrogen and oxygen atoms in total. The summed E-state index contributed by atoms with van der Waals surface area (Å²) < 4.78 is 7.32. The summed E-state index contributed by atoms with van der Waals surface area (Å²) in [7, 11) is 0. The molecule has 1 aromatic heterocycles. The van der Waals surface area contributed by atoms with Crippen LogP contribution in [0.15, 0.2) is 59.7 Å². The lowest BCUT2D eigenvalue weighted by Crippen LogP contribution is -2.23. The molecule has 1 aliphatic heterocycles. The molecule has 142 valence electrons. The summed E-state index contributed by atoms with van der Waals surface area (Å²) in [6, 6.07) is 15.4. The summed E-state index contributed by atoms with van der Waals surface area (Å²) in [5.74, 6) is -0.428. The van der Waals surface area contributed by atoms with E-state index >= 15 is 0 Å². The molecule has 28 heavy (non-hydrogen) atoms. The van der Waals surface area contributed by atoms with Gasteiger partial charge in [-0.1, -0.05) is 53.5 Å². The summed E-state index contributed by atoms with van der Waals surface area (Å²) in [5.41, 5.74) is 10.6. The van der Waals surface area contributed by atoms with Crippen molar-refractivity contribution in [2.75, 3.05) is 6.61 Å². The molecule has 0 saturated heterocycles. The number of ether oxygens (including phenoxy) is 1. The average Bonchev–Trinajstić information content (AvgIpc) is 3.05. The van der Waals surface area contributed by atoms with E-state index in [1.54, 1.807) is 13.0 Å². The maximum absolute atomic E-state index is 12.7. The molecule has 6 heteroatoms. The summed E-state index contributed by atoms with van der Waals surface area (Å²) in [5, 5.41) is 1.75. The SMILES string of the molecule is CCOC(=O)C1=C(N)c2cc3c(Cl)c(Cl)ccc3n2C/C1=C\c1ccccc1. The van der Waals surface area contributed by atoms with Gasteiger partial charge in [0.15, 0.2) is 0 Å². The van der Waals surface area contributed by atoms with Gasteiger partial charge in [-0.15, -0.1) is 0 Å². The van der Waals surface area contributed by atoms with E-state index < -0.39 is 5.97 Å². The van der Waals surface area contributed by atoms with Gasteiger partial charge < -0.3 is 15.0 Å². The largest absolute Gasteiger partial charge is 0.462 e. The Bertz CT molecular complexity index is 1140. The number of carbonyl (C=O) groups excluding carboxylic acids is 1. The number of hydrogen-bond donors (Lipinski definition) is 1. The number of fused-ring (bicyclic) bond motifs is 3. The lowest BCUT2D eigenvalue weighted by Gasteiger charge is -2.23. The molecule has 0 bridgehead atoms. The van der Waals surface area contributed by atoms with E-state index in [0.29, 0.717) is 27.9 Å². The number of aromatic nitrogens is 1. The van der Waals surface area contributed by atoms with Gasteiger partial charge in [0.05, 0.1) is 39.1 Å². The molecule has 0 saturated carbocycles. The number of nitrogens with two attached hydrogens (primary N) is 1. The van der Waals surface area contributed by atoms with Gasteiger partial charge in [-0.3, -0.25) is 0 Å². The molecular formula is C22H18Cl2N2O2. The van der Waals surface area contributed by atoms with Crippen molar-refractivity contribution in [1.82, 2.24) is 4.57 Å². The topological polar surface area (TPSA) is 57.2 Å². The van der Waals surface area contributed by atoms with Crippen molar-refractivity contribution in [3.63, 3.8) is 0 Å². The minimum atomic E-state index is -0.428. The van der Waals surface area contributed by atoms with E-state index in [9.17, 15) is 4.79 Å². The first-order valence-electron chi connectivity index (χ1n) is 8.91. The maximum atomic E-state index is 12.7. The smallest absolute Gasteiger partial charge is 0.340 e. The van der Waals surface area contributed by atoms with Crippen molar-refractivity contribution in [3.05, 3.63) is 81.0 Å². The van der Waals surface area contributed by atoms with Crippen LogP contribution in [-0.2, 0) is 16.1 Å². The number of esters is 1. The predicted molar refractivity (Wildman–Crippen MR) is 114 cm³/mol. The molecule has 2 N–H and O–H groups in total. The highest BCUT2D eigenvalue weighted by Gasteiger charge is 2.29. The Morgan fingerprint density at radius 3 is 2.68 bits per heavy atom. The molecule has 1 aliphatic rings. The second-order valence-electron chi connectivity index (χ2n) is 6.50. The molecular weight excluding hydrogens is 395 g/mol. The first kappa shape index (κ1) is 18.7. The third kappa shape index (κ3) is 3.09. The van der Waals surface area contributed by atoms with Gasteiger partial charge in [-0.25, -0.2) is 4.79 Å². The van der Waals surface area contributed by atoms with Crippen LogP contribution in [0.25, 0.3) is 22.7 Å². The zero-order chi connectivity index (χ0) is 19.8. The van der Waals surface area contributed by atoms with Gasteiger partial charge >= 0.3 is 5.97 Å². The second kappa shape index (κ2) is 7.38. The van der Waals surface area contributed by atoms with Crippen LogP contribution in [-0.4, -0.2) is 17.1 Å². The normalized spacial score (nSPS) is 15.2. The summed E-state index contributed by atoms with van der Waals surface area (Å²) >= 11 is 12.6. The van der Waals surface area contributed by atoms with E-state index in [1.165, 1.54) is 0 Å². The first-order valence-corrected chi connectivity index (χ1v) is 9.67. The molecule has 2 aromatic carbocycles.